The van der Waals surface area contributed by atoms with E-state index in [0.29, 0.717) is 4.00 Å². The van der Waals surface area contributed by atoms with Gasteiger partial charge in [-0.25, -0.2) is 4.00 Å². The first-order chi connectivity index (χ1) is 10.6. The maximum absolute atomic E-state index is 6.42. The lowest BCUT2D eigenvalue weighted by Crippen LogP contribution is -2.35. The highest BCUT2D eigenvalue weighted by molar-refractivity contribution is 6.06. The summed E-state index contributed by atoms with van der Waals surface area (Å²) in [6.07, 6.45) is 21.1. The summed E-state index contributed by atoms with van der Waals surface area (Å²) in [6.45, 7) is 6.73. The molecule has 0 saturated heterocycles. The third-order valence-electron chi connectivity index (χ3n) is 4.67. The lowest BCUT2D eigenvalue weighted by molar-refractivity contribution is -0.794. The summed E-state index contributed by atoms with van der Waals surface area (Å²) in [7, 11) is 2.15. The monoisotopic (exact) mass is 332 g/mol. The Kier molecular flexibility index (Phi) is 16.3. The maximum atomic E-state index is 6.42. The largest absolute Gasteiger partial charge is 0.224 e. The SMILES string of the molecule is CCCCCCCCCCCCCCCC[N+](C)(Cl)CCC. The van der Waals surface area contributed by atoms with Crippen molar-refractivity contribution < 1.29 is 4.00 Å². The van der Waals surface area contributed by atoms with E-state index in [9.17, 15) is 0 Å². The average molecular weight is 333 g/mol. The van der Waals surface area contributed by atoms with Crippen LogP contribution in [0.15, 0.2) is 0 Å². The summed E-state index contributed by atoms with van der Waals surface area (Å²) in [6, 6.07) is 0. The topological polar surface area (TPSA) is 0 Å². The van der Waals surface area contributed by atoms with Gasteiger partial charge in [0.2, 0.25) is 0 Å². The van der Waals surface area contributed by atoms with Crippen LogP contribution in [0.25, 0.3) is 0 Å². The molecule has 0 aromatic heterocycles. The van der Waals surface area contributed by atoms with Crippen LogP contribution in [0.4, 0.5) is 0 Å². The fraction of sp³-hybridized carbons (Fsp3) is 1.00. The molecular formula is C20H43ClN+. The first-order valence-electron chi connectivity index (χ1n) is 10.2. The lowest BCUT2D eigenvalue weighted by atomic mass is 10.0. The van der Waals surface area contributed by atoms with Crippen LogP contribution in [0.2, 0.25) is 0 Å². The first kappa shape index (κ1) is 22.2. The second kappa shape index (κ2) is 16.1. The van der Waals surface area contributed by atoms with E-state index in [1.54, 1.807) is 0 Å². The highest BCUT2D eigenvalue weighted by atomic mass is 35.5. The zero-order valence-electron chi connectivity index (χ0n) is 15.8. The molecular weight excluding hydrogens is 290 g/mol. The second-order valence-corrected chi connectivity index (χ2v) is 8.12. The Balaban J connectivity index is 3.11. The highest BCUT2D eigenvalue weighted by Gasteiger charge is 2.16. The molecule has 1 unspecified atom stereocenters. The van der Waals surface area contributed by atoms with Crippen molar-refractivity contribution in [1.29, 1.82) is 0 Å². The van der Waals surface area contributed by atoms with Crippen LogP contribution in [0.1, 0.15) is 110 Å². The van der Waals surface area contributed by atoms with Crippen molar-refractivity contribution >= 4 is 11.8 Å². The Hall–Kier alpha value is 0.250. The van der Waals surface area contributed by atoms with E-state index in [-0.39, 0.29) is 0 Å². The highest BCUT2D eigenvalue weighted by Crippen LogP contribution is 2.15. The summed E-state index contributed by atoms with van der Waals surface area (Å²) in [4.78, 5) is 0. The summed E-state index contributed by atoms with van der Waals surface area (Å²) in [5, 5.41) is 0. The van der Waals surface area contributed by atoms with E-state index in [1.807, 2.05) is 0 Å². The smallest absolute Gasteiger partial charge is 0.165 e. The van der Waals surface area contributed by atoms with Crippen LogP contribution in [0.3, 0.4) is 0 Å². The van der Waals surface area contributed by atoms with E-state index in [4.69, 9.17) is 11.8 Å². The third-order valence-corrected chi connectivity index (χ3v) is 5.01. The van der Waals surface area contributed by atoms with Crippen molar-refractivity contribution in [3.8, 4) is 0 Å². The minimum Gasteiger partial charge on any atom is -0.224 e. The minimum absolute atomic E-state index is 0.689. The van der Waals surface area contributed by atoms with E-state index >= 15 is 0 Å². The number of halogens is 1. The summed E-state index contributed by atoms with van der Waals surface area (Å²) in [5.41, 5.74) is 0. The third kappa shape index (κ3) is 16.6. The van der Waals surface area contributed by atoms with Crippen LogP contribution < -0.4 is 0 Å². The van der Waals surface area contributed by atoms with Gasteiger partial charge in [-0.3, -0.25) is 0 Å². The molecule has 0 aliphatic rings. The van der Waals surface area contributed by atoms with Crippen molar-refractivity contribution in [2.24, 2.45) is 0 Å². The lowest BCUT2D eigenvalue weighted by Gasteiger charge is -2.23. The molecule has 0 amide bonds. The molecule has 0 spiro atoms. The first-order valence-corrected chi connectivity index (χ1v) is 10.5. The molecule has 0 fully saturated rings. The molecule has 0 rings (SSSR count). The van der Waals surface area contributed by atoms with Crippen molar-refractivity contribution in [2.75, 3.05) is 20.1 Å². The number of nitrogens with zero attached hydrogens (tertiary/aromatic N) is 1. The number of quaternary nitrogens is 1. The molecule has 1 atom stereocenters. The van der Waals surface area contributed by atoms with Crippen LogP contribution in [-0.4, -0.2) is 24.1 Å². The quantitative estimate of drug-likeness (QED) is 0.191. The normalized spacial score (nSPS) is 14.2. The number of unbranched alkanes of at least 4 members (excludes halogenated alkanes) is 13. The summed E-state index contributed by atoms with van der Waals surface area (Å²) >= 11 is 6.42. The van der Waals surface area contributed by atoms with Crippen LogP contribution >= 0.6 is 11.8 Å². The molecule has 134 valence electrons. The maximum Gasteiger partial charge on any atom is 0.165 e. The molecule has 0 radical (unpaired) electrons. The molecule has 1 nitrogen and oxygen atoms in total. The standard InChI is InChI=1S/C20H43ClN/c1-4-6-7-8-9-10-11-12-13-14-15-16-17-18-20-22(3,21)19-5-2/h4-20H2,1-3H3/q+1. The van der Waals surface area contributed by atoms with E-state index in [1.165, 1.54) is 96.3 Å². The van der Waals surface area contributed by atoms with Gasteiger partial charge in [0.25, 0.3) is 0 Å². The Morgan fingerprint density at radius 3 is 1.23 bits per heavy atom. The van der Waals surface area contributed by atoms with Crippen molar-refractivity contribution in [1.82, 2.24) is 0 Å². The average Bonchev–Trinajstić information content (AvgIpc) is 2.47. The Bertz CT molecular complexity index is 216. The molecule has 0 aromatic carbocycles. The van der Waals surface area contributed by atoms with Crippen LogP contribution in [0.5, 0.6) is 0 Å². The summed E-state index contributed by atoms with van der Waals surface area (Å²) < 4.78 is 0.689. The van der Waals surface area contributed by atoms with Gasteiger partial charge in [-0.2, -0.15) is 0 Å². The van der Waals surface area contributed by atoms with Crippen LogP contribution in [-0.2, 0) is 0 Å². The molecule has 0 aliphatic heterocycles. The van der Waals surface area contributed by atoms with Gasteiger partial charge in [0, 0.05) is 0 Å². The van der Waals surface area contributed by atoms with Gasteiger partial charge in [-0.15, -0.1) is 0 Å². The fourth-order valence-electron chi connectivity index (χ4n) is 3.21. The molecule has 0 aromatic rings. The van der Waals surface area contributed by atoms with Gasteiger partial charge in [-0.05, 0) is 19.3 Å². The summed E-state index contributed by atoms with van der Waals surface area (Å²) in [5.74, 6) is 0. The zero-order valence-corrected chi connectivity index (χ0v) is 16.6. The fourth-order valence-corrected chi connectivity index (χ4v) is 3.50. The van der Waals surface area contributed by atoms with E-state index < -0.39 is 0 Å². The Labute approximate surface area is 146 Å². The van der Waals surface area contributed by atoms with Crippen LogP contribution in [0, 0.1) is 0 Å². The number of rotatable bonds is 17. The molecule has 0 heterocycles. The molecule has 22 heavy (non-hydrogen) atoms. The Morgan fingerprint density at radius 2 is 0.864 bits per heavy atom. The van der Waals surface area contributed by atoms with E-state index in [0.717, 1.165) is 13.1 Å². The second-order valence-electron chi connectivity index (χ2n) is 7.31. The molecule has 0 saturated carbocycles. The Morgan fingerprint density at radius 1 is 0.500 bits per heavy atom. The van der Waals surface area contributed by atoms with Gasteiger partial charge < -0.3 is 0 Å². The zero-order chi connectivity index (χ0) is 16.5. The van der Waals surface area contributed by atoms with Gasteiger partial charge >= 0.3 is 0 Å². The minimum atomic E-state index is 0.689. The predicted octanol–water partition coefficient (Wildman–Crippen LogP) is 7.48. The number of hydrogen-bond donors (Lipinski definition) is 0. The molecule has 0 N–H and O–H groups in total. The van der Waals surface area contributed by atoms with Crippen molar-refractivity contribution in [3.63, 3.8) is 0 Å². The van der Waals surface area contributed by atoms with Gasteiger partial charge in [0.15, 0.2) is 11.8 Å². The van der Waals surface area contributed by atoms with Crippen molar-refractivity contribution in [2.45, 2.75) is 110 Å². The number of hydrogen-bond acceptors (Lipinski definition) is 0. The molecule has 0 bridgehead atoms. The van der Waals surface area contributed by atoms with Crippen molar-refractivity contribution in [3.05, 3.63) is 0 Å². The molecule has 0 aliphatic carbocycles. The molecule has 2 heteroatoms. The van der Waals surface area contributed by atoms with Gasteiger partial charge in [0.1, 0.15) is 0 Å². The predicted molar refractivity (Wildman–Crippen MR) is 102 cm³/mol. The van der Waals surface area contributed by atoms with Gasteiger partial charge in [-0.1, -0.05) is 90.9 Å². The van der Waals surface area contributed by atoms with Gasteiger partial charge in [0.05, 0.1) is 20.1 Å². The van der Waals surface area contributed by atoms with E-state index in [2.05, 4.69) is 20.9 Å².